The summed E-state index contributed by atoms with van der Waals surface area (Å²) in [5, 5.41) is 9.15. The standard InChI is InChI=1S/C12H18N2O3S/c1-14(9-11-5-3-2-4-6-11)18(16,17)13-12(10-15)7-8-12/h2-6,13,15H,7-10H2,1H3. The van der Waals surface area contributed by atoms with Crippen molar-refractivity contribution in [1.29, 1.82) is 0 Å². The Hall–Kier alpha value is -0.950. The third-order valence-electron chi connectivity index (χ3n) is 3.16. The van der Waals surface area contributed by atoms with Gasteiger partial charge in [0.15, 0.2) is 0 Å². The van der Waals surface area contributed by atoms with Gasteiger partial charge in [0, 0.05) is 13.6 Å². The van der Waals surface area contributed by atoms with Gasteiger partial charge in [0.05, 0.1) is 12.1 Å². The van der Waals surface area contributed by atoms with Crippen molar-refractivity contribution in [2.24, 2.45) is 0 Å². The van der Waals surface area contributed by atoms with E-state index in [1.54, 1.807) is 0 Å². The largest absolute Gasteiger partial charge is 0.394 e. The Balaban J connectivity index is 2.02. The molecule has 0 aromatic heterocycles. The molecule has 2 rings (SSSR count). The predicted octanol–water partition coefficient (Wildman–Crippen LogP) is 0.478. The second kappa shape index (κ2) is 4.97. The third-order valence-corrected chi connectivity index (χ3v) is 4.80. The van der Waals surface area contributed by atoms with Gasteiger partial charge in [-0.3, -0.25) is 0 Å². The van der Waals surface area contributed by atoms with Crippen LogP contribution in [0.3, 0.4) is 0 Å². The maximum Gasteiger partial charge on any atom is 0.280 e. The molecule has 1 fully saturated rings. The molecule has 0 amide bonds. The lowest BCUT2D eigenvalue weighted by molar-refractivity contribution is 0.244. The van der Waals surface area contributed by atoms with Crippen LogP contribution < -0.4 is 4.72 Å². The second-order valence-electron chi connectivity index (χ2n) is 4.79. The average molecular weight is 270 g/mol. The van der Waals surface area contributed by atoms with Crippen LogP contribution in [0.25, 0.3) is 0 Å². The molecule has 0 atom stereocenters. The Morgan fingerprint density at radius 2 is 1.94 bits per heavy atom. The summed E-state index contributed by atoms with van der Waals surface area (Å²) in [5.41, 5.74) is 0.309. The molecule has 1 aromatic rings. The van der Waals surface area contributed by atoms with Gasteiger partial charge in [-0.05, 0) is 18.4 Å². The summed E-state index contributed by atoms with van der Waals surface area (Å²) in [6.07, 6.45) is 1.39. The molecule has 0 heterocycles. The molecule has 0 saturated heterocycles. The Morgan fingerprint density at radius 1 is 1.33 bits per heavy atom. The van der Waals surface area contributed by atoms with Crippen LogP contribution in [0.2, 0.25) is 0 Å². The summed E-state index contributed by atoms with van der Waals surface area (Å²) >= 11 is 0. The highest BCUT2D eigenvalue weighted by molar-refractivity contribution is 7.87. The van der Waals surface area contributed by atoms with Crippen molar-refractivity contribution in [1.82, 2.24) is 9.03 Å². The third kappa shape index (κ3) is 3.08. The first kappa shape index (κ1) is 13.5. The minimum Gasteiger partial charge on any atom is -0.394 e. The van der Waals surface area contributed by atoms with Gasteiger partial charge in [-0.15, -0.1) is 0 Å². The number of aliphatic hydroxyl groups excluding tert-OH is 1. The predicted molar refractivity (Wildman–Crippen MR) is 69.0 cm³/mol. The molecule has 0 bridgehead atoms. The van der Waals surface area contributed by atoms with Crippen LogP contribution in [0.4, 0.5) is 0 Å². The van der Waals surface area contributed by atoms with Crippen LogP contribution in [-0.4, -0.2) is 37.0 Å². The smallest absolute Gasteiger partial charge is 0.280 e. The molecule has 1 aliphatic rings. The van der Waals surface area contributed by atoms with E-state index in [1.807, 2.05) is 30.3 Å². The number of hydrogen-bond acceptors (Lipinski definition) is 3. The van der Waals surface area contributed by atoms with Crippen molar-refractivity contribution >= 4 is 10.2 Å². The summed E-state index contributed by atoms with van der Waals surface area (Å²) in [7, 11) is -2.01. The maximum absolute atomic E-state index is 12.1. The van der Waals surface area contributed by atoms with Gasteiger partial charge >= 0.3 is 0 Å². The summed E-state index contributed by atoms with van der Waals surface area (Å²) in [5.74, 6) is 0. The fourth-order valence-corrected chi connectivity index (χ4v) is 3.01. The molecule has 0 radical (unpaired) electrons. The summed E-state index contributed by atoms with van der Waals surface area (Å²) in [6, 6.07) is 9.40. The highest BCUT2D eigenvalue weighted by atomic mass is 32.2. The lowest BCUT2D eigenvalue weighted by Gasteiger charge is -2.21. The Labute approximate surface area is 108 Å². The highest BCUT2D eigenvalue weighted by Gasteiger charge is 2.46. The van der Waals surface area contributed by atoms with Crippen molar-refractivity contribution in [2.75, 3.05) is 13.7 Å². The van der Waals surface area contributed by atoms with E-state index in [0.29, 0.717) is 19.4 Å². The Bertz CT molecular complexity index is 497. The van der Waals surface area contributed by atoms with Gasteiger partial charge in [0.25, 0.3) is 10.2 Å². The topological polar surface area (TPSA) is 69.6 Å². The number of rotatable bonds is 6. The molecule has 100 valence electrons. The van der Waals surface area contributed by atoms with Crippen molar-refractivity contribution in [3.05, 3.63) is 35.9 Å². The van der Waals surface area contributed by atoms with E-state index in [4.69, 9.17) is 5.11 Å². The first-order valence-corrected chi connectivity index (χ1v) is 7.31. The van der Waals surface area contributed by atoms with E-state index < -0.39 is 15.7 Å². The molecular weight excluding hydrogens is 252 g/mol. The number of nitrogens with one attached hydrogen (secondary N) is 1. The van der Waals surface area contributed by atoms with Crippen LogP contribution in [0.5, 0.6) is 0 Å². The lowest BCUT2D eigenvalue weighted by Crippen LogP contribution is -2.46. The maximum atomic E-state index is 12.1. The molecule has 0 unspecified atom stereocenters. The normalized spacial score (nSPS) is 17.9. The van der Waals surface area contributed by atoms with E-state index in [1.165, 1.54) is 11.4 Å². The molecule has 0 aliphatic heterocycles. The second-order valence-corrected chi connectivity index (χ2v) is 6.56. The summed E-state index contributed by atoms with van der Waals surface area (Å²) in [4.78, 5) is 0. The van der Waals surface area contributed by atoms with Crippen LogP contribution >= 0.6 is 0 Å². The number of nitrogens with zero attached hydrogens (tertiary/aromatic N) is 1. The van der Waals surface area contributed by atoms with Gasteiger partial charge in [0.2, 0.25) is 0 Å². The zero-order valence-electron chi connectivity index (χ0n) is 10.3. The van der Waals surface area contributed by atoms with E-state index in [-0.39, 0.29) is 6.61 Å². The first-order valence-electron chi connectivity index (χ1n) is 5.87. The van der Waals surface area contributed by atoms with Crippen LogP contribution in [-0.2, 0) is 16.8 Å². The molecule has 0 spiro atoms. The lowest BCUT2D eigenvalue weighted by atomic mass is 10.2. The van der Waals surface area contributed by atoms with Crippen molar-refractivity contribution in [2.45, 2.75) is 24.9 Å². The SMILES string of the molecule is CN(Cc1ccccc1)S(=O)(=O)NC1(CO)CC1. The van der Waals surface area contributed by atoms with Gasteiger partial charge in [-0.25, -0.2) is 0 Å². The average Bonchev–Trinajstić information content (AvgIpc) is 3.10. The monoisotopic (exact) mass is 270 g/mol. The quantitative estimate of drug-likeness (QED) is 0.790. The van der Waals surface area contributed by atoms with Crippen molar-refractivity contribution in [3.8, 4) is 0 Å². The fraction of sp³-hybridized carbons (Fsp3) is 0.500. The van der Waals surface area contributed by atoms with Crippen LogP contribution in [0, 0.1) is 0 Å². The summed E-state index contributed by atoms with van der Waals surface area (Å²) < 4.78 is 27.9. The van der Waals surface area contributed by atoms with Crippen molar-refractivity contribution in [3.63, 3.8) is 0 Å². The molecule has 6 heteroatoms. The van der Waals surface area contributed by atoms with Gasteiger partial charge in [0.1, 0.15) is 0 Å². The minimum atomic E-state index is -3.54. The van der Waals surface area contributed by atoms with Crippen molar-refractivity contribution < 1.29 is 13.5 Å². The van der Waals surface area contributed by atoms with E-state index in [0.717, 1.165) is 5.56 Å². The molecule has 2 N–H and O–H groups in total. The highest BCUT2D eigenvalue weighted by Crippen LogP contribution is 2.35. The van der Waals surface area contributed by atoms with Gasteiger partial charge < -0.3 is 5.11 Å². The molecule has 5 nitrogen and oxygen atoms in total. The molecule has 18 heavy (non-hydrogen) atoms. The van der Waals surface area contributed by atoms with E-state index >= 15 is 0 Å². The minimum absolute atomic E-state index is 0.147. The fourth-order valence-electron chi connectivity index (χ4n) is 1.72. The molecular formula is C12H18N2O3S. The number of benzene rings is 1. The van der Waals surface area contributed by atoms with Gasteiger partial charge in [-0.2, -0.15) is 17.4 Å². The Morgan fingerprint density at radius 3 is 2.44 bits per heavy atom. The van der Waals surface area contributed by atoms with E-state index in [2.05, 4.69) is 4.72 Å². The zero-order valence-corrected chi connectivity index (χ0v) is 11.2. The number of aliphatic hydroxyl groups is 1. The summed E-state index contributed by atoms with van der Waals surface area (Å²) in [6.45, 7) is 0.170. The Kier molecular flexibility index (Phi) is 3.72. The molecule has 1 saturated carbocycles. The number of hydrogen-bond donors (Lipinski definition) is 2. The van der Waals surface area contributed by atoms with Crippen LogP contribution in [0.1, 0.15) is 18.4 Å². The van der Waals surface area contributed by atoms with Gasteiger partial charge in [-0.1, -0.05) is 30.3 Å². The molecule has 1 aliphatic carbocycles. The first-order chi connectivity index (χ1) is 8.47. The molecule has 1 aromatic carbocycles. The zero-order chi connectivity index (χ0) is 13.2. The van der Waals surface area contributed by atoms with Crippen LogP contribution in [0.15, 0.2) is 30.3 Å². The van der Waals surface area contributed by atoms with E-state index in [9.17, 15) is 8.42 Å².